The van der Waals surface area contributed by atoms with Gasteiger partial charge in [0.2, 0.25) is 0 Å². The zero-order valence-electron chi connectivity index (χ0n) is 3.94. The Balaban J connectivity index is 3.04. The maximum absolute atomic E-state index is 2.38. The molecule has 0 saturated heterocycles. The maximum atomic E-state index is 2.38. The van der Waals surface area contributed by atoms with E-state index in [0.29, 0.717) is 14.5 Å². The molecule has 0 spiro atoms. The first-order valence-electron chi connectivity index (χ1n) is 2.01. The van der Waals surface area contributed by atoms with Crippen molar-refractivity contribution < 1.29 is 0 Å². The number of halogens is 1. The minimum atomic E-state index is 0.695. The number of rotatable bonds is 0. The van der Waals surface area contributed by atoms with E-state index in [2.05, 4.69) is 41.6 Å². The molecule has 0 aromatic carbocycles. The molecule has 0 fully saturated rings. The molecule has 0 aliphatic rings. The van der Waals surface area contributed by atoms with Gasteiger partial charge in [-0.25, -0.2) is 0 Å². The summed E-state index contributed by atoms with van der Waals surface area (Å²) in [6.45, 7) is 2.18. The molecule has 7 heavy (non-hydrogen) atoms. The third-order valence-electron chi connectivity index (χ3n) is 0.708. The average molecular weight is 271 g/mol. The Morgan fingerprint density at radius 3 is 2.43 bits per heavy atom. The molecule has 1 rings (SSSR count). The molecule has 0 N–H and O–H groups in total. The quantitative estimate of drug-likeness (QED) is 0.497. The summed E-state index contributed by atoms with van der Waals surface area (Å²) in [6, 6.07) is 4.39. The van der Waals surface area contributed by atoms with E-state index in [0.717, 1.165) is 0 Å². The fourth-order valence-corrected chi connectivity index (χ4v) is 3.61. The summed E-state index contributed by atoms with van der Waals surface area (Å²) in [6.07, 6.45) is 0. The Hall–Kier alpha value is 0.729. The number of hydrogen-bond donors (Lipinski definition) is 0. The van der Waals surface area contributed by atoms with Gasteiger partial charge in [-0.2, -0.15) is 0 Å². The molecule has 1 heterocycles. The van der Waals surface area contributed by atoms with Crippen LogP contribution in [0.1, 0.15) is 4.44 Å². The molecule has 0 aliphatic carbocycles. The van der Waals surface area contributed by atoms with Crippen LogP contribution in [0.3, 0.4) is 0 Å². The predicted octanol–water partition coefficient (Wildman–Crippen LogP) is 1.66. The average Bonchev–Trinajstić information content (AvgIpc) is 1.87. The van der Waals surface area contributed by atoms with Gasteiger partial charge >= 0.3 is 63.0 Å². The van der Waals surface area contributed by atoms with Gasteiger partial charge in [0.25, 0.3) is 0 Å². The first kappa shape index (κ1) is 5.86. The van der Waals surface area contributed by atoms with E-state index in [1.165, 1.54) is 6.88 Å². The normalized spacial score (nSPS) is 9.43. The topological polar surface area (TPSA) is 0 Å². The molecule has 0 aliphatic heterocycles. The molecule has 0 radical (unpaired) electrons. The van der Waals surface area contributed by atoms with Gasteiger partial charge in [-0.3, -0.25) is 0 Å². The SMILES string of the molecule is Cc1ccc(I)[se]1. The van der Waals surface area contributed by atoms with E-state index in [1.54, 1.807) is 0 Å². The molecule has 38 valence electrons. The van der Waals surface area contributed by atoms with Crippen LogP contribution in [0.5, 0.6) is 0 Å². The van der Waals surface area contributed by atoms with Gasteiger partial charge in [-0.15, -0.1) is 0 Å². The Morgan fingerprint density at radius 2 is 2.29 bits per heavy atom. The van der Waals surface area contributed by atoms with Gasteiger partial charge in [0.1, 0.15) is 0 Å². The van der Waals surface area contributed by atoms with Crippen LogP contribution in [-0.4, -0.2) is 14.5 Å². The standard InChI is InChI=1S/C5H5ISe/c1-4-2-3-5(6)7-4/h2-3H,1H3. The molecular formula is C5H5ISe. The van der Waals surface area contributed by atoms with Gasteiger partial charge in [0.05, 0.1) is 0 Å². The third-order valence-corrected chi connectivity index (χ3v) is 3.87. The summed E-state index contributed by atoms with van der Waals surface area (Å²) >= 11 is 3.08. The van der Waals surface area contributed by atoms with E-state index >= 15 is 0 Å². The zero-order chi connectivity index (χ0) is 5.28. The summed E-state index contributed by atoms with van der Waals surface area (Å²) in [7, 11) is 0. The fourth-order valence-electron chi connectivity index (χ4n) is 0.405. The molecule has 0 bridgehead atoms. The predicted molar refractivity (Wildman–Crippen MR) is 40.8 cm³/mol. The van der Waals surface area contributed by atoms with E-state index in [4.69, 9.17) is 0 Å². The second-order valence-electron chi connectivity index (χ2n) is 1.35. The van der Waals surface area contributed by atoms with Crippen molar-refractivity contribution in [3.8, 4) is 0 Å². The second kappa shape index (κ2) is 2.33. The van der Waals surface area contributed by atoms with Gasteiger partial charge in [0, 0.05) is 0 Å². The molecule has 0 nitrogen and oxygen atoms in total. The van der Waals surface area contributed by atoms with Crippen molar-refractivity contribution in [3.63, 3.8) is 0 Å². The minimum absolute atomic E-state index is 0.695. The third kappa shape index (κ3) is 1.59. The summed E-state index contributed by atoms with van der Waals surface area (Å²) in [5.74, 6) is 0. The Morgan fingerprint density at radius 1 is 1.57 bits per heavy atom. The first-order valence-corrected chi connectivity index (χ1v) is 4.80. The zero-order valence-corrected chi connectivity index (χ0v) is 7.81. The van der Waals surface area contributed by atoms with Gasteiger partial charge in [-0.1, -0.05) is 0 Å². The first-order chi connectivity index (χ1) is 3.29. The van der Waals surface area contributed by atoms with Crippen LogP contribution >= 0.6 is 22.6 Å². The molecule has 1 aromatic heterocycles. The summed E-state index contributed by atoms with van der Waals surface area (Å²) < 4.78 is 3.06. The Bertz CT molecular complexity index is 140. The van der Waals surface area contributed by atoms with Crippen molar-refractivity contribution in [1.29, 1.82) is 0 Å². The van der Waals surface area contributed by atoms with E-state index in [9.17, 15) is 0 Å². The van der Waals surface area contributed by atoms with Gasteiger partial charge in [0.15, 0.2) is 0 Å². The van der Waals surface area contributed by atoms with Crippen LogP contribution in [0.25, 0.3) is 0 Å². The van der Waals surface area contributed by atoms with Crippen molar-refractivity contribution in [3.05, 3.63) is 19.0 Å². The second-order valence-corrected chi connectivity index (χ2v) is 6.86. The molecule has 0 saturated carbocycles. The number of hydrogen-bond acceptors (Lipinski definition) is 0. The van der Waals surface area contributed by atoms with Crippen LogP contribution in [0.2, 0.25) is 0 Å². The van der Waals surface area contributed by atoms with Gasteiger partial charge < -0.3 is 0 Å². The van der Waals surface area contributed by atoms with Gasteiger partial charge in [-0.05, 0) is 0 Å². The van der Waals surface area contributed by atoms with Crippen molar-refractivity contribution >= 4 is 37.1 Å². The Kier molecular flexibility index (Phi) is 1.95. The van der Waals surface area contributed by atoms with E-state index in [-0.39, 0.29) is 0 Å². The Labute approximate surface area is 62.8 Å². The van der Waals surface area contributed by atoms with Crippen LogP contribution in [0.15, 0.2) is 12.1 Å². The fraction of sp³-hybridized carbons (Fsp3) is 0.200. The molecule has 2 heteroatoms. The van der Waals surface area contributed by atoms with Crippen molar-refractivity contribution in [2.75, 3.05) is 0 Å². The molecule has 0 atom stereocenters. The molecule has 0 unspecified atom stereocenters. The van der Waals surface area contributed by atoms with Crippen LogP contribution in [0.4, 0.5) is 0 Å². The number of aryl methyl sites for hydroxylation is 1. The van der Waals surface area contributed by atoms with E-state index < -0.39 is 0 Å². The monoisotopic (exact) mass is 272 g/mol. The van der Waals surface area contributed by atoms with Crippen molar-refractivity contribution in [2.24, 2.45) is 0 Å². The molecular weight excluding hydrogens is 266 g/mol. The van der Waals surface area contributed by atoms with Crippen molar-refractivity contribution in [2.45, 2.75) is 6.92 Å². The molecule has 0 amide bonds. The molecule has 1 aromatic rings. The summed E-state index contributed by atoms with van der Waals surface area (Å²) in [4.78, 5) is 0. The van der Waals surface area contributed by atoms with Crippen LogP contribution in [0, 0.1) is 9.37 Å². The van der Waals surface area contributed by atoms with Crippen LogP contribution < -0.4 is 0 Å². The summed E-state index contributed by atoms with van der Waals surface area (Å²) in [5, 5.41) is 0. The van der Waals surface area contributed by atoms with E-state index in [1.807, 2.05) is 0 Å². The van der Waals surface area contributed by atoms with Crippen molar-refractivity contribution in [1.82, 2.24) is 0 Å². The van der Waals surface area contributed by atoms with Crippen LogP contribution in [-0.2, 0) is 0 Å². The summed E-state index contributed by atoms with van der Waals surface area (Å²) in [5.41, 5.74) is 0.